The van der Waals surface area contributed by atoms with E-state index in [0.717, 1.165) is 24.4 Å². The molecule has 0 spiro atoms. The predicted octanol–water partition coefficient (Wildman–Crippen LogP) is 2.04. The van der Waals surface area contributed by atoms with E-state index in [1.165, 1.54) is 5.56 Å². The fraction of sp³-hybridized carbons (Fsp3) is 0.667. The molecule has 0 saturated heterocycles. The molecule has 1 aromatic heterocycles. The molecule has 1 aliphatic carbocycles. The number of furan rings is 1. The number of nitrogens with two attached hydrogens (primary N) is 1. The van der Waals surface area contributed by atoms with Gasteiger partial charge in [-0.25, -0.2) is 0 Å². The molecule has 1 aromatic rings. The highest BCUT2D eigenvalue weighted by Crippen LogP contribution is 2.25. The summed E-state index contributed by atoms with van der Waals surface area (Å²) in [5.41, 5.74) is 7.03. The van der Waals surface area contributed by atoms with Crippen LogP contribution in [0.3, 0.4) is 0 Å². The first-order valence-corrected chi connectivity index (χ1v) is 5.65. The van der Waals surface area contributed by atoms with Gasteiger partial charge in [0.15, 0.2) is 0 Å². The average Bonchev–Trinajstić information content (AvgIpc) is 2.42. The Balaban J connectivity index is 1.95. The zero-order chi connectivity index (χ0) is 11.0. The lowest BCUT2D eigenvalue weighted by Gasteiger charge is -2.35. The molecule has 15 heavy (non-hydrogen) atoms. The maximum Gasteiger partial charge on any atom is 0.105 e. The van der Waals surface area contributed by atoms with Crippen LogP contribution in [-0.2, 0) is 0 Å². The van der Waals surface area contributed by atoms with Crippen molar-refractivity contribution in [1.29, 1.82) is 0 Å². The SMILES string of the molecule is Cc1cc(C(C)NC2CC(N)C2)c(C)o1. The highest BCUT2D eigenvalue weighted by Gasteiger charge is 2.27. The Morgan fingerprint density at radius 1 is 1.47 bits per heavy atom. The van der Waals surface area contributed by atoms with Crippen molar-refractivity contribution in [1.82, 2.24) is 5.32 Å². The summed E-state index contributed by atoms with van der Waals surface area (Å²) in [6.45, 7) is 6.19. The Bertz CT molecular complexity index is 339. The molecule has 0 aromatic carbocycles. The van der Waals surface area contributed by atoms with Crippen LogP contribution in [0.25, 0.3) is 0 Å². The zero-order valence-electron chi connectivity index (χ0n) is 9.71. The van der Waals surface area contributed by atoms with E-state index in [-0.39, 0.29) is 0 Å². The monoisotopic (exact) mass is 208 g/mol. The first kappa shape index (κ1) is 10.7. The van der Waals surface area contributed by atoms with Gasteiger partial charge < -0.3 is 15.5 Å². The average molecular weight is 208 g/mol. The molecule has 1 fully saturated rings. The van der Waals surface area contributed by atoms with Gasteiger partial charge in [0.25, 0.3) is 0 Å². The van der Waals surface area contributed by atoms with Crippen LogP contribution < -0.4 is 11.1 Å². The van der Waals surface area contributed by atoms with E-state index in [4.69, 9.17) is 10.2 Å². The van der Waals surface area contributed by atoms with Crippen molar-refractivity contribution >= 4 is 0 Å². The van der Waals surface area contributed by atoms with Crippen LogP contribution in [0.1, 0.15) is 42.9 Å². The molecule has 1 heterocycles. The topological polar surface area (TPSA) is 51.2 Å². The minimum atomic E-state index is 0.361. The van der Waals surface area contributed by atoms with Crippen molar-refractivity contribution < 1.29 is 4.42 Å². The van der Waals surface area contributed by atoms with E-state index < -0.39 is 0 Å². The third-order valence-corrected chi connectivity index (χ3v) is 3.21. The minimum absolute atomic E-state index is 0.361. The molecule has 3 heteroatoms. The summed E-state index contributed by atoms with van der Waals surface area (Å²) in [4.78, 5) is 0. The summed E-state index contributed by atoms with van der Waals surface area (Å²) in [7, 11) is 0. The fourth-order valence-corrected chi connectivity index (χ4v) is 2.32. The summed E-state index contributed by atoms with van der Waals surface area (Å²) in [6.07, 6.45) is 2.19. The maximum absolute atomic E-state index is 5.76. The van der Waals surface area contributed by atoms with E-state index in [1.807, 2.05) is 13.8 Å². The molecule has 0 bridgehead atoms. The minimum Gasteiger partial charge on any atom is -0.466 e. The summed E-state index contributed by atoms with van der Waals surface area (Å²) < 4.78 is 5.53. The van der Waals surface area contributed by atoms with Crippen molar-refractivity contribution in [2.24, 2.45) is 5.73 Å². The smallest absolute Gasteiger partial charge is 0.105 e. The number of aryl methyl sites for hydroxylation is 2. The second-order valence-corrected chi connectivity index (χ2v) is 4.69. The summed E-state index contributed by atoms with van der Waals surface area (Å²) in [5, 5.41) is 3.58. The summed E-state index contributed by atoms with van der Waals surface area (Å²) in [6, 6.07) is 3.47. The van der Waals surface area contributed by atoms with E-state index in [9.17, 15) is 0 Å². The van der Waals surface area contributed by atoms with Gasteiger partial charge in [-0.05, 0) is 39.7 Å². The molecule has 1 saturated carbocycles. The van der Waals surface area contributed by atoms with Crippen molar-refractivity contribution in [3.8, 4) is 0 Å². The van der Waals surface area contributed by atoms with Crippen LogP contribution in [0.4, 0.5) is 0 Å². The van der Waals surface area contributed by atoms with Crippen LogP contribution >= 0.6 is 0 Å². The molecule has 3 N–H and O–H groups in total. The van der Waals surface area contributed by atoms with Gasteiger partial charge in [-0.3, -0.25) is 0 Å². The molecule has 1 unspecified atom stereocenters. The standard InChI is InChI=1S/C12H20N2O/c1-7-4-12(9(3)15-7)8(2)14-11-5-10(13)6-11/h4,8,10-11,14H,5-6,13H2,1-3H3. The van der Waals surface area contributed by atoms with Crippen molar-refractivity contribution in [2.75, 3.05) is 0 Å². The number of hydrogen-bond acceptors (Lipinski definition) is 3. The molecule has 1 atom stereocenters. The Morgan fingerprint density at radius 2 is 2.13 bits per heavy atom. The Hall–Kier alpha value is -0.800. The van der Waals surface area contributed by atoms with Crippen LogP contribution in [0.2, 0.25) is 0 Å². The van der Waals surface area contributed by atoms with Gasteiger partial charge in [-0.15, -0.1) is 0 Å². The van der Waals surface area contributed by atoms with Crippen molar-refractivity contribution in [3.05, 3.63) is 23.2 Å². The molecule has 3 nitrogen and oxygen atoms in total. The van der Waals surface area contributed by atoms with E-state index >= 15 is 0 Å². The van der Waals surface area contributed by atoms with Crippen LogP contribution in [0.15, 0.2) is 10.5 Å². The Kier molecular flexibility index (Phi) is 2.85. The summed E-state index contributed by atoms with van der Waals surface area (Å²) >= 11 is 0. The predicted molar refractivity (Wildman–Crippen MR) is 60.7 cm³/mol. The molecule has 84 valence electrons. The van der Waals surface area contributed by atoms with E-state index in [2.05, 4.69) is 18.3 Å². The Labute approximate surface area is 91.0 Å². The lowest BCUT2D eigenvalue weighted by molar-refractivity contribution is 0.271. The molecular formula is C12H20N2O. The van der Waals surface area contributed by atoms with Crippen molar-refractivity contribution in [3.63, 3.8) is 0 Å². The normalized spacial score (nSPS) is 27.5. The highest BCUT2D eigenvalue weighted by molar-refractivity contribution is 5.23. The van der Waals surface area contributed by atoms with E-state index in [0.29, 0.717) is 18.1 Å². The van der Waals surface area contributed by atoms with Gasteiger partial charge in [0.2, 0.25) is 0 Å². The zero-order valence-corrected chi connectivity index (χ0v) is 9.71. The quantitative estimate of drug-likeness (QED) is 0.799. The van der Waals surface area contributed by atoms with Gasteiger partial charge in [0, 0.05) is 23.7 Å². The van der Waals surface area contributed by atoms with Crippen LogP contribution in [0, 0.1) is 13.8 Å². The van der Waals surface area contributed by atoms with Gasteiger partial charge in [0.05, 0.1) is 0 Å². The lowest BCUT2D eigenvalue weighted by Crippen LogP contribution is -2.49. The second kappa shape index (κ2) is 3.99. The third-order valence-electron chi connectivity index (χ3n) is 3.21. The fourth-order valence-electron chi connectivity index (χ4n) is 2.32. The largest absolute Gasteiger partial charge is 0.466 e. The second-order valence-electron chi connectivity index (χ2n) is 4.69. The molecule has 0 amide bonds. The first-order chi connectivity index (χ1) is 7.06. The summed E-state index contributed by atoms with van der Waals surface area (Å²) in [5.74, 6) is 2.01. The molecule has 1 aliphatic rings. The molecule has 0 aliphatic heterocycles. The Morgan fingerprint density at radius 3 is 2.60 bits per heavy atom. The van der Waals surface area contributed by atoms with Gasteiger partial charge >= 0.3 is 0 Å². The van der Waals surface area contributed by atoms with Crippen LogP contribution in [-0.4, -0.2) is 12.1 Å². The van der Waals surface area contributed by atoms with Gasteiger partial charge in [-0.1, -0.05) is 0 Å². The van der Waals surface area contributed by atoms with E-state index in [1.54, 1.807) is 0 Å². The third kappa shape index (κ3) is 2.24. The number of rotatable bonds is 3. The molecule has 0 radical (unpaired) electrons. The first-order valence-electron chi connectivity index (χ1n) is 5.65. The number of hydrogen-bond donors (Lipinski definition) is 2. The lowest BCUT2D eigenvalue weighted by atomic mass is 9.87. The van der Waals surface area contributed by atoms with Crippen LogP contribution in [0.5, 0.6) is 0 Å². The molecule has 2 rings (SSSR count). The van der Waals surface area contributed by atoms with Gasteiger partial charge in [0.1, 0.15) is 11.5 Å². The van der Waals surface area contributed by atoms with Gasteiger partial charge in [-0.2, -0.15) is 0 Å². The highest BCUT2D eigenvalue weighted by atomic mass is 16.3. The van der Waals surface area contributed by atoms with Crippen molar-refractivity contribution in [2.45, 2.75) is 51.7 Å². The molecular weight excluding hydrogens is 188 g/mol. The number of nitrogens with one attached hydrogen (secondary N) is 1. The maximum atomic E-state index is 5.76.